The largest absolute Gasteiger partial charge is 0.462 e. The van der Waals surface area contributed by atoms with Gasteiger partial charge in [-0.3, -0.25) is 4.68 Å². The highest BCUT2D eigenvalue weighted by Gasteiger charge is 2.29. The van der Waals surface area contributed by atoms with E-state index in [0.29, 0.717) is 18.5 Å². The quantitative estimate of drug-likeness (QED) is 0.550. The molecule has 0 aliphatic heterocycles. The number of carbonyl (C=O) groups excluding carboxylic acids is 1. The highest BCUT2D eigenvalue weighted by molar-refractivity contribution is 7.89. The van der Waals surface area contributed by atoms with Gasteiger partial charge < -0.3 is 4.74 Å². The van der Waals surface area contributed by atoms with Crippen LogP contribution in [0.4, 0.5) is 0 Å². The molecular formula is C24H27N3O4S. The van der Waals surface area contributed by atoms with Crippen LogP contribution in [0.2, 0.25) is 0 Å². The zero-order chi connectivity index (χ0) is 22.7. The lowest BCUT2D eigenvalue weighted by molar-refractivity contribution is 0.0526. The molecule has 168 valence electrons. The highest BCUT2D eigenvalue weighted by Crippen LogP contribution is 2.32. The van der Waals surface area contributed by atoms with Crippen LogP contribution in [0.1, 0.15) is 58.5 Å². The average molecular weight is 454 g/mol. The van der Waals surface area contributed by atoms with E-state index in [2.05, 4.69) is 22.0 Å². The minimum atomic E-state index is -3.85. The first-order valence-corrected chi connectivity index (χ1v) is 12.3. The summed E-state index contributed by atoms with van der Waals surface area (Å²) < 4.78 is 36.4. The van der Waals surface area contributed by atoms with E-state index in [9.17, 15) is 13.2 Å². The molecule has 1 aromatic heterocycles. The fraction of sp³-hybridized carbons (Fsp3) is 0.333. The Kier molecular flexibility index (Phi) is 6.43. The number of carbonyl (C=O) groups is 1. The first kappa shape index (κ1) is 22.2. The summed E-state index contributed by atoms with van der Waals surface area (Å²) in [5, 5.41) is 4.54. The van der Waals surface area contributed by atoms with Crippen LogP contribution in [0.15, 0.2) is 59.6 Å². The van der Waals surface area contributed by atoms with Crippen molar-refractivity contribution in [1.82, 2.24) is 14.5 Å². The molecule has 3 aromatic rings. The summed E-state index contributed by atoms with van der Waals surface area (Å²) in [4.78, 5) is 12.2. The van der Waals surface area contributed by atoms with Crippen molar-refractivity contribution in [2.24, 2.45) is 0 Å². The van der Waals surface area contributed by atoms with Gasteiger partial charge in [0.15, 0.2) is 0 Å². The second-order valence-corrected chi connectivity index (χ2v) is 9.64. The van der Waals surface area contributed by atoms with E-state index in [1.807, 2.05) is 22.9 Å². The molecule has 0 saturated heterocycles. The van der Waals surface area contributed by atoms with Crippen molar-refractivity contribution in [3.8, 4) is 0 Å². The van der Waals surface area contributed by atoms with E-state index in [1.54, 1.807) is 32.2 Å². The number of benzene rings is 2. The fourth-order valence-electron chi connectivity index (χ4n) is 4.12. The van der Waals surface area contributed by atoms with Crippen molar-refractivity contribution in [2.75, 3.05) is 6.61 Å². The van der Waals surface area contributed by atoms with Crippen LogP contribution in [0, 0.1) is 6.92 Å². The second-order valence-electron chi connectivity index (χ2n) is 7.96. The molecule has 0 saturated carbocycles. The van der Waals surface area contributed by atoms with Crippen LogP contribution in [0.5, 0.6) is 0 Å². The lowest BCUT2D eigenvalue weighted by Crippen LogP contribution is -2.31. The molecule has 1 atom stereocenters. The van der Waals surface area contributed by atoms with Gasteiger partial charge in [-0.05, 0) is 56.4 Å². The number of hydrogen-bond donors (Lipinski definition) is 1. The topological polar surface area (TPSA) is 90.3 Å². The summed E-state index contributed by atoms with van der Waals surface area (Å²) in [5.41, 5.74) is 3.91. The summed E-state index contributed by atoms with van der Waals surface area (Å²) in [7, 11) is -3.85. The summed E-state index contributed by atoms with van der Waals surface area (Å²) in [6.07, 6.45) is 4.19. The number of fused-ring (bicyclic) bond motifs is 1. The molecule has 32 heavy (non-hydrogen) atoms. The van der Waals surface area contributed by atoms with E-state index in [0.717, 1.165) is 29.7 Å². The van der Waals surface area contributed by atoms with E-state index in [-0.39, 0.29) is 23.1 Å². The zero-order valence-electron chi connectivity index (χ0n) is 18.2. The maximum absolute atomic E-state index is 13.3. The van der Waals surface area contributed by atoms with Crippen LogP contribution in [-0.4, -0.2) is 30.8 Å². The van der Waals surface area contributed by atoms with E-state index < -0.39 is 16.0 Å². The average Bonchev–Trinajstić information content (AvgIpc) is 3.18. The Morgan fingerprint density at radius 3 is 2.75 bits per heavy atom. The smallest absolute Gasteiger partial charge is 0.338 e. The molecule has 1 aliphatic carbocycles. The highest BCUT2D eigenvalue weighted by atomic mass is 32.2. The molecule has 0 radical (unpaired) electrons. The van der Waals surface area contributed by atoms with Crippen LogP contribution in [0.25, 0.3) is 0 Å². The zero-order valence-corrected chi connectivity index (χ0v) is 19.1. The number of nitrogens with one attached hydrogen (secondary N) is 1. The molecule has 0 fully saturated rings. The van der Waals surface area contributed by atoms with Gasteiger partial charge in [0.2, 0.25) is 10.0 Å². The number of hydrogen-bond acceptors (Lipinski definition) is 5. The van der Waals surface area contributed by atoms with Gasteiger partial charge in [-0.15, -0.1) is 0 Å². The number of aryl methyl sites for hydroxylation is 1. The molecule has 1 unspecified atom stereocenters. The fourth-order valence-corrected chi connectivity index (χ4v) is 5.64. The number of rotatable bonds is 7. The summed E-state index contributed by atoms with van der Waals surface area (Å²) in [5.74, 6) is -0.536. The summed E-state index contributed by atoms with van der Waals surface area (Å²) in [6.45, 7) is 4.30. The van der Waals surface area contributed by atoms with Gasteiger partial charge >= 0.3 is 5.97 Å². The molecule has 4 rings (SSSR count). The van der Waals surface area contributed by atoms with Crippen LogP contribution < -0.4 is 4.72 Å². The van der Waals surface area contributed by atoms with Crippen molar-refractivity contribution in [3.63, 3.8) is 0 Å². The number of nitrogens with zero attached hydrogens (tertiary/aromatic N) is 2. The monoisotopic (exact) mass is 453 g/mol. The molecular weight excluding hydrogens is 426 g/mol. The van der Waals surface area contributed by atoms with E-state index in [1.165, 1.54) is 6.07 Å². The normalized spacial score (nSPS) is 15.9. The number of sulfonamides is 1. The van der Waals surface area contributed by atoms with E-state index >= 15 is 0 Å². The third-order valence-corrected chi connectivity index (χ3v) is 7.34. The molecule has 0 bridgehead atoms. The Morgan fingerprint density at radius 2 is 2.00 bits per heavy atom. The van der Waals surface area contributed by atoms with Crippen molar-refractivity contribution in [1.29, 1.82) is 0 Å². The number of esters is 1. The summed E-state index contributed by atoms with van der Waals surface area (Å²) >= 11 is 0. The standard InChI is InChI=1S/C24H27N3O4S/c1-3-31-24(28)19-13-12-17(2)23(14-19)32(29,30)26-21-10-7-11-22-20(21)15-25-27(22)16-18-8-5-4-6-9-18/h4-6,8-9,12-15,21,26H,3,7,10-11,16H2,1-2H3. The van der Waals surface area contributed by atoms with Crippen molar-refractivity contribution in [2.45, 2.75) is 50.6 Å². The molecule has 1 N–H and O–H groups in total. The molecule has 7 nitrogen and oxygen atoms in total. The Bertz CT molecular complexity index is 1220. The Balaban J connectivity index is 1.59. The first-order chi connectivity index (χ1) is 15.4. The Morgan fingerprint density at radius 1 is 1.22 bits per heavy atom. The lowest BCUT2D eigenvalue weighted by atomic mass is 9.94. The summed E-state index contributed by atoms with van der Waals surface area (Å²) in [6, 6.07) is 14.3. The maximum atomic E-state index is 13.3. The molecule has 1 aliphatic rings. The predicted molar refractivity (Wildman–Crippen MR) is 121 cm³/mol. The van der Waals surface area contributed by atoms with Gasteiger partial charge in [-0.1, -0.05) is 36.4 Å². The molecule has 8 heteroatoms. The third kappa shape index (κ3) is 4.61. The lowest BCUT2D eigenvalue weighted by Gasteiger charge is -2.24. The van der Waals surface area contributed by atoms with Gasteiger partial charge in [0.05, 0.1) is 35.8 Å². The van der Waals surface area contributed by atoms with E-state index in [4.69, 9.17) is 4.74 Å². The molecule has 1 heterocycles. The minimum absolute atomic E-state index is 0.0897. The first-order valence-electron chi connectivity index (χ1n) is 10.8. The van der Waals surface area contributed by atoms with Crippen molar-refractivity contribution in [3.05, 3.63) is 82.7 Å². The van der Waals surface area contributed by atoms with Crippen LogP contribution >= 0.6 is 0 Å². The Hall–Kier alpha value is -2.97. The Labute approximate surface area is 188 Å². The van der Waals surface area contributed by atoms with Gasteiger partial charge in [0.25, 0.3) is 0 Å². The predicted octanol–water partition coefficient (Wildman–Crippen LogP) is 3.77. The molecule has 2 aromatic carbocycles. The van der Waals surface area contributed by atoms with Crippen LogP contribution in [0.3, 0.4) is 0 Å². The second kappa shape index (κ2) is 9.26. The van der Waals surface area contributed by atoms with Crippen molar-refractivity contribution < 1.29 is 17.9 Å². The number of ether oxygens (including phenoxy) is 1. The SMILES string of the molecule is CCOC(=O)c1ccc(C)c(S(=O)(=O)NC2CCCc3c2cnn3Cc2ccccc2)c1. The molecule has 0 spiro atoms. The van der Waals surface area contributed by atoms with Gasteiger partial charge in [-0.2, -0.15) is 5.10 Å². The maximum Gasteiger partial charge on any atom is 0.338 e. The molecule has 0 amide bonds. The van der Waals surface area contributed by atoms with Crippen LogP contribution in [-0.2, 0) is 27.7 Å². The third-order valence-electron chi connectivity index (χ3n) is 5.72. The van der Waals surface area contributed by atoms with Gasteiger partial charge in [0, 0.05) is 11.3 Å². The minimum Gasteiger partial charge on any atom is -0.462 e. The van der Waals surface area contributed by atoms with Gasteiger partial charge in [-0.25, -0.2) is 17.9 Å². The van der Waals surface area contributed by atoms with Gasteiger partial charge in [0.1, 0.15) is 0 Å². The number of aromatic nitrogens is 2. The van der Waals surface area contributed by atoms with Crippen molar-refractivity contribution >= 4 is 16.0 Å².